The number of aromatic nitrogens is 1. The molecule has 6 rings (SSSR count). The lowest BCUT2D eigenvalue weighted by molar-refractivity contribution is -0.136. The summed E-state index contributed by atoms with van der Waals surface area (Å²) in [6.07, 6.45) is 0.565. The second-order valence-electron chi connectivity index (χ2n) is 9.68. The van der Waals surface area contributed by atoms with E-state index in [0.717, 1.165) is 15.8 Å². The van der Waals surface area contributed by atoms with Gasteiger partial charge in [0.1, 0.15) is 18.0 Å². The lowest BCUT2D eigenvalue weighted by Gasteiger charge is -2.35. The summed E-state index contributed by atoms with van der Waals surface area (Å²) in [7, 11) is 0. The molecule has 1 saturated carbocycles. The molecule has 1 aromatic heterocycles. The summed E-state index contributed by atoms with van der Waals surface area (Å²) in [5.41, 5.74) is 4.11. The number of imide groups is 1. The molecule has 0 radical (unpaired) electrons. The van der Waals surface area contributed by atoms with Gasteiger partial charge in [0.05, 0.1) is 21.3 Å². The number of carbonyl (C=O) groups is 4. The molecule has 1 atom stereocenters. The maximum absolute atomic E-state index is 15.3. The number of hydrogen-bond acceptors (Lipinski definition) is 7. The summed E-state index contributed by atoms with van der Waals surface area (Å²) in [6, 6.07) is 6.09. The molecule has 38 heavy (non-hydrogen) atoms. The number of alkyl carbamates (subject to hydrolysis) is 1. The van der Waals surface area contributed by atoms with Crippen LogP contribution in [0.5, 0.6) is 0 Å². The third-order valence-electron chi connectivity index (χ3n) is 7.40. The topological polar surface area (TPSA) is 118 Å². The molecule has 3 aromatic rings. The van der Waals surface area contributed by atoms with E-state index in [-0.39, 0.29) is 55.0 Å². The minimum Gasteiger partial charge on any atom is -0.446 e. The molecule has 9 nitrogen and oxygen atoms in total. The zero-order chi connectivity index (χ0) is 26.6. The normalized spacial score (nSPS) is 22.7. The number of amides is 4. The second kappa shape index (κ2) is 9.63. The van der Waals surface area contributed by atoms with E-state index in [0.29, 0.717) is 23.4 Å². The quantitative estimate of drug-likeness (QED) is 0.458. The Kier molecular flexibility index (Phi) is 6.27. The zero-order valence-corrected chi connectivity index (χ0v) is 21.5. The Morgan fingerprint density at radius 2 is 2.05 bits per heavy atom. The van der Waals surface area contributed by atoms with Crippen molar-refractivity contribution in [3.8, 4) is 0 Å². The van der Waals surface area contributed by atoms with Gasteiger partial charge >= 0.3 is 6.09 Å². The number of rotatable bonds is 5. The minimum atomic E-state index is -0.827. The van der Waals surface area contributed by atoms with Crippen molar-refractivity contribution >= 4 is 57.0 Å². The number of nitrogens with one attached hydrogen (secondary N) is 2. The van der Waals surface area contributed by atoms with Crippen molar-refractivity contribution in [3.63, 3.8) is 0 Å². The predicted molar refractivity (Wildman–Crippen MR) is 136 cm³/mol. The summed E-state index contributed by atoms with van der Waals surface area (Å²) in [6.45, 7) is -0.0850. The number of ether oxygens (including phenoxy) is 1. The monoisotopic (exact) mass is 556 g/mol. The van der Waals surface area contributed by atoms with Gasteiger partial charge in [-0.15, -0.1) is 11.3 Å². The summed E-state index contributed by atoms with van der Waals surface area (Å²) in [5, 5.41) is 5.43. The van der Waals surface area contributed by atoms with Gasteiger partial charge in [0.15, 0.2) is 0 Å². The zero-order valence-electron chi connectivity index (χ0n) is 20.0. The van der Waals surface area contributed by atoms with Crippen molar-refractivity contribution in [1.29, 1.82) is 0 Å². The Morgan fingerprint density at radius 3 is 2.84 bits per heavy atom. The third-order valence-corrected chi connectivity index (χ3v) is 8.52. The van der Waals surface area contributed by atoms with E-state index in [1.807, 2.05) is 12.1 Å². The number of piperidine rings is 1. The van der Waals surface area contributed by atoms with Crippen LogP contribution < -0.4 is 10.6 Å². The van der Waals surface area contributed by atoms with Gasteiger partial charge in [0.2, 0.25) is 11.8 Å². The molecule has 3 heterocycles. The lowest BCUT2D eigenvalue weighted by atomic mass is 9.77. The van der Waals surface area contributed by atoms with Gasteiger partial charge in [-0.2, -0.15) is 0 Å². The highest BCUT2D eigenvalue weighted by atomic mass is 35.5. The van der Waals surface area contributed by atoms with Crippen LogP contribution in [0.2, 0.25) is 5.02 Å². The van der Waals surface area contributed by atoms with Crippen molar-refractivity contribution in [1.82, 2.24) is 20.5 Å². The average Bonchev–Trinajstić information content (AvgIpc) is 3.46. The Balaban J connectivity index is 1.05. The van der Waals surface area contributed by atoms with Crippen LogP contribution in [0.25, 0.3) is 10.2 Å². The summed E-state index contributed by atoms with van der Waals surface area (Å²) in [5.74, 6) is -2.15. The Morgan fingerprint density at radius 1 is 1.24 bits per heavy atom. The van der Waals surface area contributed by atoms with Crippen LogP contribution >= 0.6 is 22.9 Å². The van der Waals surface area contributed by atoms with E-state index in [2.05, 4.69) is 15.6 Å². The summed E-state index contributed by atoms with van der Waals surface area (Å²) in [4.78, 5) is 54.7. The molecular formula is C26H22ClFN4O5S. The van der Waals surface area contributed by atoms with E-state index in [4.69, 9.17) is 16.3 Å². The van der Waals surface area contributed by atoms with Crippen LogP contribution in [0, 0.1) is 5.82 Å². The lowest BCUT2D eigenvalue weighted by Crippen LogP contribution is -2.52. The summed E-state index contributed by atoms with van der Waals surface area (Å²) < 4.78 is 21.8. The van der Waals surface area contributed by atoms with Crippen molar-refractivity contribution in [3.05, 3.63) is 62.9 Å². The van der Waals surface area contributed by atoms with Gasteiger partial charge in [-0.1, -0.05) is 23.7 Å². The molecule has 4 amide bonds. The minimum absolute atomic E-state index is 0.0780. The van der Waals surface area contributed by atoms with Crippen LogP contribution in [0.4, 0.5) is 9.18 Å². The molecule has 196 valence electrons. The molecule has 2 aromatic carbocycles. The number of benzene rings is 2. The van der Waals surface area contributed by atoms with Gasteiger partial charge in [0, 0.05) is 35.7 Å². The third kappa shape index (κ3) is 4.29. The standard InChI is InChI=1S/C26H22ClFN4O5S/c27-16-3-5-18-23(30-11-38-18)20(16)14-7-15(8-14)37-26(36)29-9-12-1-2-13-10-32(25(35)21(13)22(12)28)17-4-6-19(33)31-24(17)34/h1-3,5,11,14-15,17H,4,6-10H2,(H,29,36)(H,31,33,34)/t14?,15?,17-/m1/s1. The first-order valence-corrected chi connectivity index (χ1v) is 13.5. The van der Waals surface area contributed by atoms with E-state index >= 15 is 4.39 Å². The maximum Gasteiger partial charge on any atom is 0.407 e. The molecule has 2 fully saturated rings. The van der Waals surface area contributed by atoms with Crippen molar-refractivity contribution in [2.24, 2.45) is 0 Å². The Hall–Kier alpha value is -3.57. The molecule has 2 N–H and O–H groups in total. The van der Waals surface area contributed by atoms with E-state index in [1.165, 1.54) is 11.0 Å². The van der Waals surface area contributed by atoms with Crippen LogP contribution in [0.15, 0.2) is 29.8 Å². The first-order chi connectivity index (χ1) is 18.3. The summed E-state index contributed by atoms with van der Waals surface area (Å²) >= 11 is 7.96. The van der Waals surface area contributed by atoms with Crippen LogP contribution in [0.1, 0.15) is 58.6 Å². The van der Waals surface area contributed by atoms with E-state index < -0.39 is 29.8 Å². The molecule has 0 unspecified atom stereocenters. The smallest absolute Gasteiger partial charge is 0.407 e. The second-order valence-corrected chi connectivity index (χ2v) is 11.0. The van der Waals surface area contributed by atoms with Gasteiger partial charge in [-0.3, -0.25) is 19.7 Å². The van der Waals surface area contributed by atoms with Crippen molar-refractivity contribution in [2.75, 3.05) is 0 Å². The molecular weight excluding hydrogens is 535 g/mol. The van der Waals surface area contributed by atoms with E-state index in [9.17, 15) is 19.2 Å². The fraction of sp³-hybridized carbons (Fsp3) is 0.346. The highest BCUT2D eigenvalue weighted by Gasteiger charge is 2.41. The Labute approximate surface area is 225 Å². The number of fused-ring (bicyclic) bond motifs is 2. The first kappa shape index (κ1) is 24.7. The largest absolute Gasteiger partial charge is 0.446 e. The highest BCUT2D eigenvalue weighted by Crippen LogP contribution is 2.44. The van der Waals surface area contributed by atoms with Crippen LogP contribution in [0.3, 0.4) is 0 Å². The average molecular weight is 557 g/mol. The number of nitrogens with zero attached hydrogens (tertiary/aromatic N) is 2. The molecule has 0 spiro atoms. The molecule has 12 heteroatoms. The number of hydrogen-bond donors (Lipinski definition) is 2. The SMILES string of the molecule is O=C1CC[C@@H](N2Cc3ccc(CNC(=O)OC4CC(c5c(Cl)ccc6scnc56)C4)c(F)c3C2=O)C(=O)N1. The van der Waals surface area contributed by atoms with Crippen molar-refractivity contribution < 1.29 is 28.3 Å². The predicted octanol–water partition coefficient (Wildman–Crippen LogP) is 4.02. The molecule has 2 aliphatic heterocycles. The van der Waals surface area contributed by atoms with Crippen LogP contribution in [-0.2, 0) is 27.4 Å². The van der Waals surface area contributed by atoms with Crippen LogP contribution in [-0.4, -0.2) is 45.8 Å². The van der Waals surface area contributed by atoms with E-state index in [1.54, 1.807) is 22.9 Å². The molecule has 1 aliphatic carbocycles. The molecule has 0 bridgehead atoms. The number of carbonyl (C=O) groups excluding carboxylic acids is 4. The fourth-order valence-corrected chi connectivity index (χ4v) is 6.36. The van der Waals surface area contributed by atoms with Gasteiger partial charge in [-0.25, -0.2) is 14.2 Å². The molecule has 3 aliphatic rings. The molecule has 1 saturated heterocycles. The van der Waals surface area contributed by atoms with Crippen molar-refractivity contribution in [2.45, 2.75) is 56.8 Å². The fourth-order valence-electron chi connectivity index (χ4n) is 5.36. The van der Waals surface area contributed by atoms with Gasteiger partial charge in [0.25, 0.3) is 5.91 Å². The highest BCUT2D eigenvalue weighted by molar-refractivity contribution is 7.16. The Bertz CT molecular complexity index is 1500. The maximum atomic E-state index is 15.3. The number of thiazole rings is 1. The number of halogens is 2. The van der Waals surface area contributed by atoms with Gasteiger partial charge < -0.3 is 15.0 Å². The first-order valence-electron chi connectivity index (χ1n) is 12.2. The van der Waals surface area contributed by atoms with Gasteiger partial charge in [-0.05, 0) is 42.9 Å².